The number of nitrogens with one attached hydrogen (secondary N) is 1. The van der Waals surface area contributed by atoms with Gasteiger partial charge in [-0.05, 0) is 75.6 Å². The molecule has 0 aromatic heterocycles. The van der Waals surface area contributed by atoms with Gasteiger partial charge in [-0.15, -0.1) is 0 Å². The fraction of sp³-hybridized carbons (Fsp3) is 0.409. The molecule has 0 spiro atoms. The summed E-state index contributed by atoms with van der Waals surface area (Å²) in [5.41, 5.74) is 1.69. The molecule has 3 rings (SSSR count). The van der Waals surface area contributed by atoms with Gasteiger partial charge in [0.1, 0.15) is 5.75 Å². The molecule has 0 atom stereocenters. The normalized spacial score (nSPS) is 15.3. The Morgan fingerprint density at radius 3 is 2.31 bits per heavy atom. The predicted molar refractivity (Wildman–Crippen MR) is 114 cm³/mol. The third-order valence-electron chi connectivity index (χ3n) is 4.89. The van der Waals surface area contributed by atoms with Crippen LogP contribution in [0.25, 0.3) is 0 Å². The van der Waals surface area contributed by atoms with E-state index in [1.165, 1.54) is 10.4 Å². The van der Waals surface area contributed by atoms with Gasteiger partial charge in [-0.3, -0.25) is 4.79 Å². The molecule has 0 saturated carbocycles. The summed E-state index contributed by atoms with van der Waals surface area (Å²) in [4.78, 5) is 13.0. The number of piperidine rings is 1. The Hall–Kier alpha value is -2.38. The number of ether oxygens (including phenoxy) is 1. The number of sulfonamides is 1. The van der Waals surface area contributed by atoms with Crippen LogP contribution in [-0.2, 0) is 10.0 Å². The van der Waals surface area contributed by atoms with Crippen LogP contribution < -0.4 is 10.1 Å². The van der Waals surface area contributed by atoms with Gasteiger partial charge in [-0.2, -0.15) is 4.31 Å². The van der Waals surface area contributed by atoms with E-state index in [-0.39, 0.29) is 16.9 Å². The first kappa shape index (κ1) is 21.3. The van der Waals surface area contributed by atoms with Gasteiger partial charge in [-0.1, -0.05) is 12.5 Å². The molecular formula is C22H28N2O4S. The van der Waals surface area contributed by atoms with Crippen LogP contribution in [0.15, 0.2) is 47.4 Å². The lowest BCUT2D eigenvalue weighted by Gasteiger charge is -2.26. The Morgan fingerprint density at radius 1 is 1.03 bits per heavy atom. The predicted octanol–water partition coefficient (Wildman–Crippen LogP) is 4.21. The van der Waals surface area contributed by atoms with Crippen LogP contribution in [-0.4, -0.2) is 37.8 Å². The molecule has 29 heavy (non-hydrogen) atoms. The number of benzene rings is 2. The molecule has 1 saturated heterocycles. The Labute approximate surface area is 172 Å². The summed E-state index contributed by atoms with van der Waals surface area (Å²) in [5.74, 6) is 0.388. The number of hydrogen-bond donors (Lipinski definition) is 1. The first-order valence-electron chi connectivity index (χ1n) is 9.96. The van der Waals surface area contributed by atoms with Gasteiger partial charge in [0.2, 0.25) is 10.0 Å². The second kappa shape index (κ2) is 8.97. The number of anilines is 1. The summed E-state index contributed by atoms with van der Waals surface area (Å²) in [7, 11) is -3.59. The maximum Gasteiger partial charge on any atom is 0.255 e. The van der Waals surface area contributed by atoms with Crippen molar-refractivity contribution in [2.24, 2.45) is 0 Å². The molecule has 1 aliphatic rings. The minimum atomic E-state index is -3.59. The molecule has 0 aliphatic carbocycles. The van der Waals surface area contributed by atoms with Gasteiger partial charge < -0.3 is 10.1 Å². The summed E-state index contributed by atoms with van der Waals surface area (Å²) in [5, 5.41) is 2.83. The van der Waals surface area contributed by atoms with Gasteiger partial charge in [0.05, 0.1) is 11.0 Å². The van der Waals surface area contributed by atoms with Gasteiger partial charge in [0.15, 0.2) is 0 Å². The van der Waals surface area contributed by atoms with Crippen LogP contribution >= 0.6 is 0 Å². The van der Waals surface area contributed by atoms with Crippen LogP contribution in [0, 0.1) is 6.92 Å². The largest absolute Gasteiger partial charge is 0.491 e. The zero-order valence-electron chi connectivity index (χ0n) is 17.1. The highest BCUT2D eigenvalue weighted by atomic mass is 32.2. The maximum absolute atomic E-state index is 12.9. The highest BCUT2D eigenvalue weighted by Gasteiger charge is 2.27. The molecule has 0 unspecified atom stereocenters. The Morgan fingerprint density at radius 2 is 1.69 bits per heavy atom. The van der Waals surface area contributed by atoms with Gasteiger partial charge >= 0.3 is 0 Å². The quantitative estimate of drug-likeness (QED) is 0.765. The van der Waals surface area contributed by atoms with Crippen molar-refractivity contribution < 1.29 is 17.9 Å². The lowest BCUT2D eigenvalue weighted by Crippen LogP contribution is -2.35. The smallest absolute Gasteiger partial charge is 0.255 e. The Balaban J connectivity index is 1.79. The van der Waals surface area contributed by atoms with E-state index in [0.29, 0.717) is 24.3 Å². The van der Waals surface area contributed by atoms with E-state index in [1.807, 2.05) is 13.8 Å². The first-order valence-corrected chi connectivity index (χ1v) is 11.4. The van der Waals surface area contributed by atoms with Crippen LogP contribution in [0.3, 0.4) is 0 Å². The molecule has 0 radical (unpaired) electrons. The lowest BCUT2D eigenvalue weighted by atomic mass is 10.1. The summed E-state index contributed by atoms with van der Waals surface area (Å²) in [6, 6.07) is 11.8. The molecule has 7 heteroatoms. The van der Waals surface area contributed by atoms with Gasteiger partial charge in [0.25, 0.3) is 5.91 Å². The number of carbonyl (C=O) groups excluding carboxylic acids is 1. The SMILES string of the molecule is Cc1ccc(S(=O)(=O)N2CCCCC2)cc1C(=O)Nc1ccc(OC(C)C)cc1. The highest BCUT2D eigenvalue weighted by Crippen LogP contribution is 2.24. The van der Waals surface area contributed by atoms with E-state index in [9.17, 15) is 13.2 Å². The molecule has 2 aromatic carbocycles. The van der Waals surface area contributed by atoms with E-state index in [0.717, 1.165) is 30.6 Å². The summed E-state index contributed by atoms with van der Waals surface area (Å²) in [6.45, 7) is 6.75. The van der Waals surface area contributed by atoms with Crippen molar-refractivity contribution in [2.45, 2.75) is 51.0 Å². The van der Waals surface area contributed by atoms with Crippen LogP contribution in [0.5, 0.6) is 5.75 Å². The minimum Gasteiger partial charge on any atom is -0.491 e. The number of rotatable bonds is 6. The molecule has 6 nitrogen and oxygen atoms in total. The van der Waals surface area contributed by atoms with Crippen LogP contribution in [0.2, 0.25) is 0 Å². The standard InChI is InChI=1S/C22H28N2O4S/c1-16(2)28-19-10-8-18(9-11-19)23-22(25)21-15-20(12-7-17(21)3)29(26,27)24-13-5-4-6-14-24/h7-12,15-16H,4-6,13-14H2,1-3H3,(H,23,25). The lowest BCUT2D eigenvalue weighted by molar-refractivity contribution is 0.102. The molecule has 1 fully saturated rings. The van der Waals surface area contributed by atoms with E-state index in [2.05, 4.69) is 5.32 Å². The number of carbonyl (C=O) groups is 1. The molecule has 0 bridgehead atoms. The number of nitrogens with zero attached hydrogens (tertiary/aromatic N) is 1. The van der Waals surface area contributed by atoms with Crippen molar-refractivity contribution >= 4 is 21.6 Å². The van der Waals surface area contributed by atoms with E-state index in [4.69, 9.17) is 4.74 Å². The van der Waals surface area contributed by atoms with Crippen LogP contribution in [0.1, 0.15) is 49.0 Å². The number of aryl methyl sites for hydroxylation is 1. The minimum absolute atomic E-state index is 0.0719. The summed E-state index contributed by atoms with van der Waals surface area (Å²) < 4.78 is 33.0. The van der Waals surface area contributed by atoms with Crippen molar-refractivity contribution in [2.75, 3.05) is 18.4 Å². The van der Waals surface area contributed by atoms with Crippen molar-refractivity contribution in [3.63, 3.8) is 0 Å². The molecule has 1 amide bonds. The van der Waals surface area contributed by atoms with E-state index in [1.54, 1.807) is 43.3 Å². The highest BCUT2D eigenvalue weighted by molar-refractivity contribution is 7.89. The Bertz CT molecular complexity index is 963. The molecule has 1 heterocycles. The monoisotopic (exact) mass is 416 g/mol. The molecule has 1 N–H and O–H groups in total. The fourth-order valence-corrected chi connectivity index (χ4v) is 4.89. The third-order valence-corrected chi connectivity index (χ3v) is 6.79. The molecular weight excluding hydrogens is 388 g/mol. The summed E-state index contributed by atoms with van der Waals surface area (Å²) in [6.07, 6.45) is 2.86. The average Bonchev–Trinajstić information content (AvgIpc) is 2.70. The van der Waals surface area contributed by atoms with Crippen molar-refractivity contribution in [1.82, 2.24) is 4.31 Å². The average molecular weight is 417 g/mol. The summed E-state index contributed by atoms with van der Waals surface area (Å²) >= 11 is 0. The zero-order chi connectivity index (χ0) is 21.0. The van der Waals surface area contributed by atoms with Crippen molar-refractivity contribution in [3.05, 3.63) is 53.6 Å². The van der Waals surface area contributed by atoms with Crippen molar-refractivity contribution in [3.8, 4) is 5.75 Å². The number of amides is 1. The van der Waals surface area contributed by atoms with E-state index >= 15 is 0 Å². The number of hydrogen-bond acceptors (Lipinski definition) is 4. The van der Waals surface area contributed by atoms with E-state index < -0.39 is 10.0 Å². The van der Waals surface area contributed by atoms with Gasteiger partial charge in [-0.25, -0.2) is 8.42 Å². The topological polar surface area (TPSA) is 75.7 Å². The molecule has 1 aliphatic heterocycles. The third kappa shape index (κ3) is 5.16. The Kier molecular flexibility index (Phi) is 6.59. The van der Waals surface area contributed by atoms with Crippen LogP contribution in [0.4, 0.5) is 5.69 Å². The second-order valence-corrected chi connectivity index (χ2v) is 9.52. The molecule has 156 valence electrons. The second-order valence-electron chi connectivity index (χ2n) is 7.59. The maximum atomic E-state index is 12.9. The first-order chi connectivity index (χ1) is 13.8. The molecule has 2 aromatic rings. The fourth-order valence-electron chi connectivity index (χ4n) is 3.35. The van der Waals surface area contributed by atoms with Gasteiger partial charge in [0, 0.05) is 24.3 Å². The zero-order valence-corrected chi connectivity index (χ0v) is 18.0. The van der Waals surface area contributed by atoms with Crippen molar-refractivity contribution in [1.29, 1.82) is 0 Å².